The number of aromatic nitrogens is 3. The van der Waals surface area contributed by atoms with Gasteiger partial charge in [0.1, 0.15) is 11.2 Å². The summed E-state index contributed by atoms with van der Waals surface area (Å²) >= 11 is 0. The van der Waals surface area contributed by atoms with Gasteiger partial charge >= 0.3 is 0 Å². The van der Waals surface area contributed by atoms with E-state index in [1.807, 2.05) is 36.9 Å². The van der Waals surface area contributed by atoms with Crippen LogP contribution in [0.25, 0.3) is 60.2 Å². The molecule has 4 heterocycles. The lowest BCUT2D eigenvalue weighted by molar-refractivity contribution is 0.672. The molecule has 3 aromatic carbocycles. The fourth-order valence-electron chi connectivity index (χ4n) is 4.77. The van der Waals surface area contributed by atoms with E-state index in [4.69, 9.17) is 4.42 Å². The van der Waals surface area contributed by atoms with Crippen LogP contribution in [0.3, 0.4) is 0 Å². The Morgan fingerprint density at radius 1 is 0.633 bits per heavy atom. The molecule has 0 unspecified atom stereocenters. The quantitative estimate of drug-likeness (QED) is 0.319. The second-order valence-corrected chi connectivity index (χ2v) is 7.51. The van der Waals surface area contributed by atoms with E-state index in [1.54, 1.807) is 0 Å². The molecule has 0 aliphatic heterocycles. The molecule has 0 saturated heterocycles. The van der Waals surface area contributed by atoms with Crippen LogP contribution in [0.2, 0.25) is 0 Å². The summed E-state index contributed by atoms with van der Waals surface area (Å²) in [6.07, 6.45) is 7.45. The van der Waals surface area contributed by atoms with Gasteiger partial charge in [-0.15, -0.1) is 0 Å². The molecule has 0 fully saturated rings. The van der Waals surface area contributed by atoms with Crippen molar-refractivity contribution in [1.29, 1.82) is 0 Å². The number of hydrogen-bond donors (Lipinski definition) is 0. The molecule has 0 aliphatic rings. The van der Waals surface area contributed by atoms with Gasteiger partial charge in [-0.2, -0.15) is 0 Å². The average Bonchev–Trinajstić information content (AvgIpc) is 3.36. The standard InChI is InChI=1S/C26H15N3O/c1-3-7-21-18(5-1)23-17-11-14-28-15-20(17)26-24(19-6-2-4-8-22(19)30-26)25(23)29(21)16-9-12-27-13-10-16/h1-15H. The smallest absolute Gasteiger partial charge is 0.146 e. The first-order valence-corrected chi connectivity index (χ1v) is 9.92. The Kier molecular flexibility index (Phi) is 2.97. The normalized spacial score (nSPS) is 12.0. The van der Waals surface area contributed by atoms with Gasteiger partial charge in [-0.05, 0) is 35.7 Å². The second-order valence-electron chi connectivity index (χ2n) is 7.51. The molecule has 30 heavy (non-hydrogen) atoms. The Labute approximate surface area is 171 Å². The van der Waals surface area contributed by atoms with Crippen molar-refractivity contribution in [3.05, 3.63) is 91.5 Å². The Bertz CT molecular complexity index is 1740. The first kappa shape index (κ1) is 15.7. The Balaban J connectivity index is 1.91. The number of pyridine rings is 2. The van der Waals surface area contributed by atoms with Gasteiger partial charge in [0, 0.05) is 52.0 Å². The van der Waals surface area contributed by atoms with E-state index in [0.717, 1.165) is 49.4 Å². The molecule has 0 aliphatic carbocycles. The minimum atomic E-state index is 0.880. The number of nitrogens with zero attached hydrogens (tertiary/aromatic N) is 3. The number of fused-ring (bicyclic) bond motifs is 10. The fraction of sp³-hybridized carbons (Fsp3) is 0. The van der Waals surface area contributed by atoms with Crippen molar-refractivity contribution < 1.29 is 4.42 Å². The first-order valence-electron chi connectivity index (χ1n) is 9.92. The van der Waals surface area contributed by atoms with Crippen LogP contribution in [0.4, 0.5) is 0 Å². The van der Waals surface area contributed by atoms with Crippen molar-refractivity contribution in [2.24, 2.45) is 0 Å². The summed E-state index contributed by atoms with van der Waals surface area (Å²) in [5, 5.41) is 6.85. The van der Waals surface area contributed by atoms with Crippen molar-refractivity contribution >= 4 is 54.5 Å². The molecular formula is C26H15N3O. The minimum Gasteiger partial charge on any atom is -0.455 e. The van der Waals surface area contributed by atoms with E-state index < -0.39 is 0 Å². The van der Waals surface area contributed by atoms with E-state index >= 15 is 0 Å². The second kappa shape index (κ2) is 5.67. The third-order valence-corrected chi connectivity index (χ3v) is 5.96. The van der Waals surface area contributed by atoms with Crippen LogP contribution in [0.15, 0.2) is 95.9 Å². The topological polar surface area (TPSA) is 43.9 Å². The van der Waals surface area contributed by atoms with Crippen LogP contribution in [0.1, 0.15) is 0 Å². The molecule has 0 spiro atoms. The third-order valence-electron chi connectivity index (χ3n) is 5.96. The van der Waals surface area contributed by atoms with Gasteiger partial charge in [0.25, 0.3) is 0 Å². The van der Waals surface area contributed by atoms with E-state index in [9.17, 15) is 0 Å². The molecule has 140 valence electrons. The third kappa shape index (κ3) is 1.90. The number of furan rings is 1. The Morgan fingerprint density at radius 2 is 1.40 bits per heavy atom. The zero-order valence-corrected chi connectivity index (χ0v) is 15.9. The number of benzene rings is 3. The molecule has 4 heteroatoms. The lowest BCUT2D eigenvalue weighted by Crippen LogP contribution is -1.94. The van der Waals surface area contributed by atoms with Crippen LogP contribution in [0, 0.1) is 0 Å². The lowest BCUT2D eigenvalue weighted by atomic mass is 10.0. The zero-order valence-electron chi connectivity index (χ0n) is 15.9. The molecule has 4 nitrogen and oxygen atoms in total. The lowest BCUT2D eigenvalue weighted by Gasteiger charge is -2.09. The highest BCUT2D eigenvalue weighted by atomic mass is 16.3. The van der Waals surface area contributed by atoms with Crippen LogP contribution in [-0.4, -0.2) is 14.5 Å². The molecule has 0 amide bonds. The molecule has 0 N–H and O–H groups in total. The maximum absolute atomic E-state index is 6.40. The van der Waals surface area contributed by atoms with Crippen molar-refractivity contribution in [3.8, 4) is 5.69 Å². The van der Waals surface area contributed by atoms with Gasteiger partial charge in [-0.25, -0.2) is 0 Å². The summed E-state index contributed by atoms with van der Waals surface area (Å²) in [5.41, 5.74) is 5.16. The SMILES string of the molecule is c1ccc2c(c1)oc1c3cnccc3c3c4ccccc4n(-c4ccncc4)c3c21. The average molecular weight is 385 g/mol. The van der Waals surface area contributed by atoms with Gasteiger partial charge in [0.15, 0.2) is 0 Å². The number of hydrogen-bond acceptors (Lipinski definition) is 3. The van der Waals surface area contributed by atoms with Crippen molar-refractivity contribution in [1.82, 2.24) is 14.5 Å². The van der Waals surface area contributed by atoms with Gasteiger partial charge in [0.05, 0.1) is 16.4 Å². The van der Waals surface area contributed by atoms with Gasteiger partial charge in [0.2, 0.25) is 0 Å². The minimum absolute atomic E-state index is 0.880. The maximum Gasteiger partial charge on any atom is 0.146 e. The summed E-state index contributed by atoms with van der Waals surface area (Å²) in [6.45, 7) is 0. The Hall–Kier alpha value is -4.18. The maximum atomic E-state index is 6.40. The Morgan fingerprint density at radius 3 is 2.30 bits per heavy atom. The molecule has 0 bridgehead atoms. The van der Waals surface area contributed by atoms with Crippen molar-refractivity contribution in [3.63, 3.8) is 0 Å². The monoisotopic (exact) mass is 385 g/mol. The highest BCUT2D eigenvalue weighted by Gasteiger charge is 2.22. The molecule has 0 saturated carbocycles. The van der Waals surface area contributed by atoms with Crippen LogP contribution >= 0.6 is 0 Å². The largest absolute Gasteiger partial charge is 0.455 e. The van der Waals surface area contributed by atoms with E-state index in [-0.39, 0.29) is 0 Å². The van der Waals surface area contributed by atoms with Crippen LogP contribution in [-0.2, 0) is 0 Å². The van der Waals surface area contributed by atoms with Crippen LogP contribution < -0.4 is 0 Å². The van der Waals surface area contributed by atoms with Gasteiger partial charge in [-0.3, -0.25) is 9.97 Å². The van der Waals surface area contributed by atoms with E-state index in [2.05, 4.69) is 69.1 Å². The van der Waals surface area contributed by atoms with E-state index in [0.29, 0.717) is 0 Å². The fourth-order valence-corrected chi connectivity index (χ4v) is 4.77. The van der Waals surface area contributed by atoms with Crippen LogP contribution in [0.5, 0.6) is 0 Å². The van der Waals surface area contributed by atoms with Gasteiger partial charge in [-0.1, -0.05) is 36.4 Å². The summed E-state index contributed by atoms with van der Waals surface area (Å²) < 4.78 is 8.72. The summed E-state index contributed by atoms with van der Waals surface area (Å²) in [7, 11) is 0. The molecule has 7 aromatic rings. The van der Waals surface area contributed by atoms with Crippen molar-refractivity contribution in [2.45, 2.75) is 0 Å². The van der Waals surface area contributed by atoms with Gasteiger partial charge < -0.3 is 8.98 Å². The predicted octanol–water partition coefficient (Wildman–Crippen LogP) is 6.63. The number of rotatable bonds is 1. The summed E-state index contributed by atoms with van der Waals surface area (Å²) in [5.74, 6) is 0. The first-order chi connectivity index (χ1) is 14.9. The highest BCUT2D eigenvalue weighted by Crippen LogP contribution is 2.45. The molecule has 0 radical (unpaired) electrons. The van der Waals surface area contributed by atoms with E-state index in [1.165, 1.54) is 10.8 Å². The molecule has 0 atom stereocenters. The number of para-hydroxylation sites is 2. The molecule has 7 rings (SSSR count). The predicted molar refractivity (Wildman–Crippen MR) is 121 cm³/mol. The molecule has 4 aromatic heterocycles. The highest BCUT2D eigenvalue weighted by molar-refractivity contribution is 6.35. The summed E-state index contributed by atoms with van der Waals surface area (Å²) in [6, 6.07) is 23.0. The molecular weight excluding hydrogens is 370 g/mol. The van der Waals surface area contributed by atoms with Crippen molar-refractivity contribution in [2.75, 3.05) is 0 Å². The zero-order chi connectivity index (χ0) is 19.7. The summed E-state index contributed by atoms with van der Waals surface area (Å²) in [4.78, 5) is 8.64.